The lowest BCUT2D eigenvalue weighted by Crippen LogP contribution is -2.32. The van der Waals surface area contributed by atoms with Gasteiger partial charge in [-0.15, -0.1) is 0 Å². The zero-order valence-corrected chi connectivity index (χ0v) is 9.97. The van der Waals surface area contributed by atoms with Crippen LogP contribution in [0.25, 0.3) is 0 Å². The van der Waals surface area contributed by atoms with Gasteiger partial charge in [-0.05, 0) is 44.5 Å². The minimum absolute atomic E-state index is 0.0818. The summed E-state index contributed by atoms with van der Waals surface area (Å²) in [6.07, 6.45) is 5.45. The molecule has 1 aliphatic rings. The second-order valence-corrected chi connectivity index (χ2v) is 4.52. The average Bonchev–Trinajstić information content (AvgIpc) is 2.77. The van der Waals surface area contributed by atoms with Crippen LogP contribution in [0.4, 0.5) is 0 Å². The van der Waals surface area contributed by atoms with Crippen LogP contribution < -0.4 is 5.73 Å². The van der Waals surface area contributed by atoms with Gasteiger partial charge in [0.15, 0.2) is 0 Å². The molecule has 2 unspecified atom stereocenters. The van der Waals surface area contributed by atoms with E-state index in [0.29, 0.717) is 6.04 Å². The maximum absolute atomic E-state index is 6.20. The number of hydrogen-bond donors (Lipinski definition) is 1. The van der Waals surface area contributed by atoms with Gasteiger partial charge in [-0.3, -0.25) is 4.98 Å². The second-order valence-electron chi connectivity index (χ2n) is 4.52. The summed E-state index contributed by atoms with van der Waals surface area (Å²) in [4.78, 5) is 6.86. The summed E-state index contributed by atoms with van der Waals surface area (Å²) in [6.45, 7) is 4.60. The fourth-order valence-corrected chi connectivity index (χ4v) is 2.59. The predicted molar refractivity (Wildman–Crippen MR) is 66.1 cm³/mol. The lowest BCUT2D eigenvalue weighted by molar-refractivity contribution is 0.244. The van der Waals surface area contributed by atoms with E-state index < -0.39 is 0 Å². The van der Waals surface area contributed by atoms with E-state index in [4.69, 9.17) is 5.73 Å². The van der Waals surface area contributed by atoms with Crippen molar-refractivity contribution < 1.29 is 0 Å². The number of nitrogens with two attached hydrogens (primary N) is 1. The van der Waals surface area contributed by atoms with Crippen LogP contribution in [0.2, 0.25) is 0 Å². The Kier molecular flexibility index (Phi) is 3.91. The molecule has 2 heterocycles. The zero-order chi connectivity index (χ0) is 11.4. The van der Waals surface area contributed by atoms with Crippen LogP contribution in [0.5, 0.6) is 0 Å². The molecule has 0 bridgehead atoms. The van der Waals surface area contributed by atoms with Crippen molar-refractivity contribution in [1.29, 1.82) is 0 Å². The molecule has 2 rings (SSSR count). The zero-order valence-electron chi connectivity index (χ0n) is 9.97. The Hall–Kier alpha value is -0.930. The first-order chi connectivity index (χ1) is 7.81. The Bertz CT molecular complexity index is 312. The summed E-state index contributed by atoms with van der Waals surface area (Å²) >= 11 is 0. The molecule has 16 heavy (non-hydrogen) atoms. The Morgan fingerprint density at radius 1 is 1.56 bits per heavy atom. The maximum Gasteiger partial charge on any atom is 0.0571 e. The molecular formula is C13H21N3. The van der Waals surface area contributed by atoms with Gasteiger partial charge in [0, 0.05) is 18.3 Å². The summed E-state index contributed by atoms with van der Waals surface area (Å²) in [5.74, 6) is 0. The van der Waals surface area contributed by atoms with Crippen LogP contribution in [0.3, 0.4) is 0 Å². The SMILES string of the molecule is CCN1CCCC1CC(N)c1ccccn1. The van der Waals surface area contributed by atoms with Gasteiger partial charge in [0.1, 0.15) is 0 Å². The van der Waals surface area contributed by atoms with Gasteiger partial charge < -0.3 is 10.6 Å². The van der Waals surface area contributed by atoms with Gasteiger partial charge in [0.2, 0.25) is 0 Å². The van der Waals surface area contributed by atoms with E-state index >= 15 is 0 Å². The molecule has 2 N–H and O–H groups in total. The molecule has 0 spiro atoms. The number of aromatic nitrogens is 1. The number of likely N-dealkylation sites (tertiary alicyclic amines) is 1. The third-order valence-corrected chi connectivity index (χ3v) is 3.50. The van der Waals surface area contributed by atoms with E-state index in [1.54, 1.807) is 0 Å². The second kappa shape index (κ2) is 5.41. The van der Waals surface area contributed by atoms with Gasteiger partial charge in [-0.25, -0.2) is 0 Å². The molecule has 3 heteroatoms. The van der Waals surface area contributed by atoms with Gasteiger partial charge in [-0.2, -0.15) is 0 Å². The first-order valence-electron chi connectivity index (χ1n) is 6.21. The largest absolute Gasteiger partial charge is 0.323 e. The third-order valence-electron chi connectivity index (χ3n) is 3.50. The predicted octanol–water partition coefficient (Wildman–Crippen LogP) is 1.96. The molecule has 2 atom stereocenters. The Labute approximate surface area is 97.7 Å². The van der Waals surface area contributed by atoms with E-state index in [-0.39, 0.29) is 6.04 Å². The van der Waals surface area contributed by atoms with Crippen molar-refractivity contribution in [2.75, 3.05) is 13.1 Å². The molecule has 1 fully saturated rings. The van der Waals surface area contributed by atoms with Crippen molar-refractivity contribution in [2.24, 2.45) is 5.73 Å². The van der Waals surface area contributed by atoms with Crippen molar-refractivity contribution in [2.45, 2.75) is 38.3 Å². The quantitative estimate of drug-likeness (QED) is 0.841. The standard InChI is InChI=1S/C13H21N3/c1-2-16-9-5-6-11(16)10-12(14)13-7-3-4-8-15-13/h3-4,7-8,11-12H,2,5-6,9-10,14H2,1H3. The molecule has 0 saturated carbocycles. The fourth-order valence-electron chi connectivity index (χ4n) is 2.59. The summed E-state index contributed by atoms with van der Waals surface area (Å²) in [5, 5.41) is 0. The normalized spacial score (nSPS) is 23.5. The van der Waals surface area contributed by atoms with Crippen molar-refractivity contribution in [3.8, 4) is 0 Å². The minimum Gasteiger partial charge on any atom is -0.323 e. The smallest absolute Gasteiger partial charge is 0.0571 e. The number of rotatable bonds is 4. The topological polar surface area (TPSA) is 42.1 Å². The van der Waals surface area contributed by atoms with E-state index in [0.717, 1.165) is 18.7 Å². The summed E-state index contributed by atoms with van der Waals surface area (Å²) in [5.41, 5.74) is 7.22. The van der Waals surface area contributed by atoms with Crippen LogP contribution >= 0.6 is 0 Å². The summed E-state index contributed by atoms with van der Waals surface area (Å²) in [6, 6.07) is 6.70. The number of hydrogen-bond acceptors (Lipinski definition) is 3. The van der Waals surface area contributed by atoms with Crippen molar-refractivity contribution in [3.63, 3.8) is 0 Å². The Morgan fingerprint density at radius 3 is 3.12 bits per heavy atom. The molecule has 0 amide bonds. The highest BCUT2D eigenvalue weighted by atomic mass is 15.2. The monoisotopic (exact) mass is 219 g/mol. The lowest BCUT2D eigenvalue weighted by Gasteiger charge is -2.25. The molecule has 0 radical (unpaired) electrons. The van der Waals surface area contributed by atoms with Crippen LogP contribution in [0, 0.1) is 0 Å². The molecule has 1 aromatic rings. The summed E-state index contributed by atoms with van der Waals surface area (Å²) in [7, 11) is 0. The first-order valence-corrected chi connectivity index (χ1v) is 6.21. The van der Waals surface area contributed by atoms with Gasteiger partial charge in [-0.1, -0.05) is 13.0 Å². The Balaban J connectivity index is 1.94. The molecule has 0 aliphatic carbocycles. The molecule has 1 aromatic heterocycles. The van der Waals surface area contributed by atoms with E-state index in [1.165, 1.54) is 19.4 Å². The Morgan fingerprint density at radius 2 is 2.44 bits per heavy atom. The van der Waals surface area contributed by atoms with Gasteiger partial charge >= 0.3 is 0 Å². The fraction of sp³-hybridized carbons (Fsp3) is 0.615. The van der Waals surface area contributed by atoms with Crippen LogP contribution in [0.1, 0.15) is 37.9 Å². The molecular weight excluding hydrogens is 198 g/mol. The molecule has 3 nitrogen and oxygen atoms in total. The van der Waals surface area contributed by atoms with Crippen LogP contribution in [0.15, 0.2) is 24.4 Å². The third kappa shape index (κ3) is 2.60. The number of pyridine rings is 1. The first kappa shape index (κ1) is 11.6. The van der Waals surface area contributed by atoms with Crippen LogP contribution in [-0.4, -0.2) is 29.0 Å². The number of nitrogens with zero attached hydrogens (tertiary/aromatic N) is 2. The van der Waals surface area contributed by atoms with E-state index in [2.05, 4.69) is 16.8 Å². The molecule has 0 aromatic carbocycles. The lowest BCUT2D eigenvalue weighted by atomic mass is 10.0. The average molecular weight is 219 g/mol. The highest BCUT2D eigenvalue weighted by Gasteiger charge is 2.25. The summed E-state index contributed by atoms with van der Waals surface area (Å²) < 4.78 is 0. The molecule has 1 aliphatic heterocycles. The molecule has 1 saturated heterocycles. The van der Waals surface area contributed by atoms with Crippen molar-refractivity contribution in [1.82, 2.24) is 9.88 Å². The van der Waals surface area contributed by atoms with Crippen molar-refractivity contribution in [3.05, 3.63) is 30.1 Å². The van der Waals surface area contributed by atoms with E-state index in [9.17, 15) is 0 Å². The van der Waals surface area contributed by atoms with Gasteiger partial charge in [0.05, 0.1) is 5.69 Å². The van der Waals surface area contributed by atoms with Crippen molar-refractivity contribution >= 4 is 0 Å². The van der Waals surface area contributed by atoms with Crippen LogP contribution in [-0.2, 0) is 0 Å². The van der Waals surface area contributed by atoms with E-state index in [1.807, 2.05) is 24.4 Å². The van der Waals surface area contributed by atoms with Gasteiger partial charge in [0.25, 0.3) is 0 Å². The molecule has 88 valence electrons. The highest BCUT2D eigenvalue weighted by molar-refractivity contribution is 5.08. The minimum atomic E-state index is 0.0818. The highest BCUT2D eigenvalue weighted by Crippen LogP contribution is 2.24. The maximum atomic E-state index is 6.20.